The Balaban J connectivity index is 1.38. The number of nitrogens with one attached hydrogen (secondary N) is 1. The van der Waals surface area contributed by atoms with Crippen LogP contribution in [0, 0.1) is 5.82 Å². The largest absolute Gasteiger partial charge is 0.497 e. The minimum Gasteiger partial charge on any atom is -0.497 e. The zero-order valence-electron chi connectivity index (χ0n) is 19.5. The van der Waals surface area contributed by atoms with E-state index in [1.165, 1.54) is 25.4 Å². The smallest absolute Gasteiger partial charge is 0.410 e. The molecule has 0 radical (unpaired) electrons. The Morgan fingerprint density at radius 3 is 2.47 bits per heavy atom. The molecule has 2 aliphatic rings. The molecule has 0 bridgehead atoms. The number of anilines is 2. The Hall–Kier alpha value is -3.76. The second kappa shape index (κ2) is 9.36. The van der Waals surface area contributed by atoms with Crippen molar-refractivity contribution in [2.24, 2.45) is 0 Å². The molecule has 2 atom stereocenters. The molecule has 3 aromatic rings. The van der Waals surface area contributed by atoms with Crippen molar-refractivity contribution in [1.29, 1.82) is 0 Å². The maximum atomic E-state index is 14.0. The van der Waals surface area contributed by atoms with E-state index in [4.69, 9.17) is 4.74 Å². The number of halogens is 4. The van der Waals surface area contributed by atoms with E-state index in [0.717, 1.165) is 10.4 Å². The van der Waals surface area contributed by atoms with Gasteiger partial charge < -0.3 is 19.9 Å². The molecule has 0 saturated carbocycles. The van der Waals surface area contributed by atoms with Gasteiger partial charge in [0.15, 0.2) is 6.04 Å². The standard InChI is InChI=1S/C25H25F4N5O2/c1-36-19-4-2-3-16(13-19)21-14-22(25(27,28)29)34-23(31-21)20(15-30-34)24(35)33-11-9-32(10-12-33)18-7-5-17(26)6-8-18/h2-8,13,15,21-22,31H,9-12,14H2,1H3/t21-,22-/m0/s1. The number of hydrogen-bond donors (Lipinski definition) is 1. The fourth-order valence-electron chi connectivity index (χ4n) is 4.79. The van der Waals surface area contributed by atoms with Crippen LogP contribution in [0.5, 0.6) is 5.75 Å². The number of carbonyl (C=O) groups excluding carboxylic acids is 1. The van der Waals surface area contributed by atoms with Gasteiger partial charge in [-0.25, -0.2) is 9.07 Å². The lowest BCUT2D eigenvalue weighted by Crippen LogP contribution is -2.49. The minimum atomic E-state index is -4.54. The molecule has 36 heavy (non-hydrogen) atoms. The van der Waals surface area contributed by atoms with E-state index in [-0.39, 0.29) is 29.5 Å². The minimum absolute atomic E-state index is 0.0577. The molecule has 3 heterocycles. The van der Waals surface area contributed by atoms with Gasteiger partial charge in [-0.2, -0.15) is 18.3 Å². The van der Waals surface area contributed by atoms with Gasteiger partial charge in [0.05, 0.1) is 19.3 Å². The van der Waals surface area contributed by atoms with Crippen LogP contribution in [0.15, 0.2) is 54.7 Å². The van der Waals surface area contributed by atoms with Crippen molar-refractivity contribution in [3.63, 3.8) is 0 Å². The molecular formula is C25H25F4N5O2. The first kappa shape index (κ1) is 24.0. The highest BCUT2D eigenvalue weighted by atomic mass is 19.4. The zero-order chi connectivity index (χ0) is 25.4. The molecule has 11 heteroatoms. The van der Waals surface area contributed by atoms with E-state index in [1.807, 2.05) is 4.90 Å². The van der Waals surface area contributed by atoms with Gasteiger partial charge in [0, 0.05) is 38.3 Å². The Bertz CT molecular complexity index is 1240. The van der Waals surface area contributed by atoms with Crippen LogP contribution >= 0.6 is 0 Å². The number of piperazine rings is 1. The number of hydrogen-bond acceptors (Lipinski definition) is 5. The number of methoxy groups -OCH3 is 1. The molecule has 7 nitrogen and oxygen atoms in total. The Morgan fingerprint density at radius 1 is 1.08 bits per heavy atom. The number of rotatable bonds is 4. The Kier molecular flexibility index (Phi) is 6.23. The molecule has 0 unspecified atom stereocenters. The summed E-state index contributed by atoms with van der Waals surface area (Å²) in [6.07, 6.45) is -3.60. The van der Waals surface area contributed by atoms with Crippen molar-refractivity contribution < 1.29 is 27.1 Å². The van der Waals surface area contributed by atoms with Gasteiger partial charge in [0.25, 0.3) is 5.91 Å². The molecule has 1 saturated heterocycles. The van der Waals surface area contributed by atoms with Crippen LogP contribution in [0.2, 0.25) is 0 Å². The monoisotopic (exact) mass is 503 g/mol. The predicted octanol–water partition coefficient (Wildman–Crippen LogP) is 4.65. The average Bonchev–Trinajstić information content (AvgIpc) is 3.31. The number of alkyl halides is 3. The van der Waals surface area contributed by atoms with E-state index in [0.29, 0.717) is 37.5 Å². The third-order valence-corrected chi connectivity index (χ3v) is 6.72. The number of benzene rings is 2. The fraction of sp³-hybridized carbons (Fsp3) is 0.360. The Labute approximate surface area is 205 Å². The quantitative estimate of drug-likeness (QED) is 0.525. The molecule has 2 aromatic carbocycles. The van der Waals surface area contributed by atoms with Crippen molar-refractivity contribution in [3.8, 4) is 5.75 Å². The maximum Gasteiger partial charge on any atom is 0.410 e. The van der Waals surface area contributed by atoms with Crippen LogP contribution in [-0.4, -0.2) is 60.1 Å². The lowest BCUT2D eigenvalue weighted by Gasteiger charge is -2.37. The molecule has 1 amide bonds. The SMILES string of the molecule is COc1cccc([C@@H]2C[C@@H](C(F)(F)F)n3ncc(C(=O)N4CCN(c5ccc(F)cc5)CC4)c3N2)c1. The molecular weight excluding hydrogens is 478 g/mol. The van der Waals surface area contributed by atoms with Crippen LogP contribution < -0.4 is 15.0 Å². The Morgan fingerprint density at radius 2 is 1.81 bits per heavy atom. The number of ether oxygens (including phenoxy) is 1. The first-order valence-corrected chi connectivity index (χ1v) is 11.6. The summed E-state index contributed by atoms with van der Waals surface area (Å²) in [6, 6.07) is 10.4. The summed E-state index contributed by atoms with van der Waals surface area (Å²) in [5.41, 5.74) is 1.58. The average molecular weight is 504 g/mol. The van der Waals surface area contributed by atoms with Gasteiger partial charge >= 0.3 is 6.18 Å². The third kappa shape index (κ3) is 4.57. The summed E-state index contributed by atoms with van der Waals surface area (Å²) < 4.78 is 61.4. The summed E-state index contributed by atoms with van der Waals surface area (Å²) in [4.78, 5) is 17.0. The lowest BCUT2D eigenvalue weighted by atomic mass is 9.96. The van der Waals surface area contributed by atoms with Gasteiger partial charge in [-0.1, -0.05) is 12.1 Å². The second-order valence-corrected chi connectivity index (χ2v) is 8.87. The molecule has 1 aromatic heterocycles. The van der Waals surface area contributed by atoms with E-state index >= 15 is 0 Å². The number of carbonyl (C=O) groups is 1. The number of nitrogens with zero attached hydrogens (tertiary/aromatic N) is 4. The van der Waals surface area contributed by atoms with Gasteiger partial charge in [0.2, 0.25) is 0 Å². The van der Waals surface area contributed by atoms with E-state index in [9.17, 15) is 22.4 Å². The summed E-state index contributed by atoms with van der Waals surface area (Å²) in [7, 11) is 1.49. The van der Waals surface area contributed by atoms with Gasteiger partial charge in [-0.15, -0.1) is 0 Å². The molecule has 0 aliphatic carbocycles. The lowest BCUT2D eigenvalue weighted by molar-refractivity contribution is -0.173. The van der Waals surface area contributed by atoms with Crippen molar-refractivity contribution in [2.75, 3.05) is 43.5 Å². The molecule has 2 aliphatic heterocycles. The molecule has 190 valence electrons. The van der Waals surface area contributed by atoms with Crippen molar-refractivity contribution in [2.45, 2.75) is 24.7 Å². The fourth-order valence-corrected chi connectivity index (χ4v) is 4.79. The van der Waals surface area contributed by atoms with Gasteiger partial charge in [0.1, 0.15) is 22.9 Å². The van der Waals surface area contributed by atoms with Crippen molar-refractivity contribution in [3.05, 3.63) is 71.7 Å². The first-order chi connectivity index (χ1) is 17.2. The summed E-state index contributed by atoms with van der Waals surface area (Å²) in [5.74, 6) is -0.111. The number of amides is 1. The van der Waals surface area contributed by atoms with Crippen molar-refractivity contribution in [1.82, 2.24) is 14.7 Å². The summed E-state index contributed by atoms with van der Waals surface area (Å²) in [6.45, 7) is 1.80. The topological polar surface area (TPSA) is 62.6 Å². The molecule has 0 spiro atoms. The maximum absolute atomic E-state index is 14.0. The number of fused-ring (bicyclic) bond motifs is 1. The second-order valence-electron chi connectivity index (χ2n) is 8.87. The number of aromatic nitrogens is 2. The van der Waals surface area contributed by atoms with Crippen LogP contribution in [0.1, 0.15) is 34.4 Å². The summed E-state index contributed by atoms with van der Waals surface area (Å²) in [5, 5.41) is 7.10. The highest BCUT2D eigenvalue weighted by Crippen LogP contribution is 2.44. The van der Waals surface area contributed by atoms with Crippen LogP contribution in [0.25, 0.3) is 0 Å². The zero-order valence-corrected chi connectivity index (χ0v) is 19.5. The predicted molar refractivity (Wildman–Crippen MR) is 126 cm³/mol. The molecule has 1 fully saturated rings. The third-order valence-electron chi connectivity index (χ3n) is 6.72. The van der Waals surface area contributed by atoms with Crippen LogP contribution in [-0.2, 0) is 0 Å². The van der Waals surface area contributed by atoms with Crippen LogP contribution in [0.3, 0.4) is 0 Å². The van der Waals surface area contributed by atoms with Gasteiger partial charge in [-0.05, 0) is 42.0 Å². The van der Waals surface area contributed by atoms with Gasteiger partial charge in [-0.3, -0.25) is 4.79 Å². The van der Waals surface area contributed by atoms with Crippen molar-refractivity contribution >= 4 is 17.4 Å². The first-order valence-electron chi connectivity index (χ1n) is 11.6. The van der Waals surface area contributed by atoms with E-state index in [1.54, 1.807) is 41.3 Å². The van der Waals surface area contributed by atoms with Crippen LogP contribution in [0.4, 0.5) is 29.1 Å². The highest BCUT2D eigenvalue weighted by molar-refractivity contribution is 5.99. The highest BCUT2D eigenvalue weighted by Gasteiger charge is 2.47. The van der Waals surface area contributed by atoms with E-state index in [2.05, 4.69) is 10.4 Å². The summed E-state index contributed by atoms with van der Waals surface area (Å²) >= 11 is 0. The normalized spacial score (nSPS) is 20.0. The molecule has 1 N–H and O–H groups in total. The molecule has 5 rings (SSSR count). The van der Waals surface area contributed by atoms with E-state index < -0.39 is 18.3 Å².